The zero-order chi connectivity index (χ0) is 14.1. The van der Waals surface area contributed by atoms with Gasteiger partial charge in [-0.25, -0.2) is 4.39 Å². The van der Waals surface area contributed by atoms with E-state index >= 15 is 0 Å². The van der Waals surface area contributed by atoms with E-state index in [1.807, 2.05) is 6.07 Å². The lowest BCUT2D eigenvalue weighted by Crippen LogP contribution is -2.28. The summed E-state index contributed by atoms with van der Waals surface area (Å²) >= 11 is 1.80. The summed E-state index contributed by atoms with van der Waals surface area (Å²) in [6, 6.07) is 10.2. The summed E-state index contributed by atoms with van der Waals surface area (Å²) in [6.45, 7) is 4.50. The Morgan fingerprint density at radius 3 is 2.85 bits per heavy atom. The number of thiophene rings is 1. The molecular weight excluding hydrogens is 269 g/mol. The molecule has 0 radical (unpaired) electrons. The van der Waals surface area contributed by atoms with Gasteiger partial charge >= 0.3 is 0 Å². The fourth-order valence-corrected chi connectivity index (χ4v) is 4.01. The van der Waals surface area contributed by atoms with Gasteiger partial charge in [0.1, 0.15) is 5.82 Å². The summed E-state index contributed by atoms with van der Waals surface area (Å²) in [7, 11) is 0. The molecule has 1 aromatic heterocycles. The second-order valence-electron chi connectivity index (χ2n) is 5.84. The molecule has 3 rings (SSSR count). The van der Waals surface area contributed by atoms with Gasteiger partial charge in [0.05, 0.1) is 0 Å². The van der Waals surface area contributed by atoms with Crippen molar-refractivity contribution in [2.75, 3.05) is 0 Å². The minimum atomic E-state index is -0.122. The Balaban J connectivity index is 1.82. The van der Waals surface area contributed by atoms with E-state index in [0.717, 1.165) is 18.4 Å². The summed E-state index contributed by atoms with van der Waals surface area (Å²) in [4.78, 5) is 1.38. The maximum Gasteiger partial charge on any atom is 0.123 e. The van der Waals surface area contributed by atoms with Crippen LogP contribution in [0.3, 0.4) is 0 Å². The minimum Gasteiger partial charge on any atom is -0.302 e. The van der Waals surface area contributed by atoms with Crippen LogP contribution in [0, 0.1) is 11.7 Å². The summed E-state index contributed by atoms with van der Waals surface area (Å²) in [5.41, 5.74) is 2.43. The average molecular weight is 289 g/mol. The molecule has 0 aliphatic heterocycles. The fraction of sp³-hybridized carbons (Fsp3) is 0.412. The third kappa shape index (κ3) is 2.65. The third-order valence-corrected chi connectivity index (χ3v) is 5.04. The van der Waals surface area contributed by atoms with Crippen molar-refractivity contribution in [3.05, 3.63) is 57.5 Å². The van der Waals surface area contributed by atoms with Crippen molar-refractivity contribution in [2.24, 2.45) is 5.92 Å². The normalized spacial score (nSPS) is 19.3. The fourth-order valence-electron chi connectivity index (χ4n) is 3.05. The molecule has 106 valence electrons. The average Bonchev–Trinajstić information content (AvgIpc) is 3.04. The van der Waals surface area contributed by atoms with Gasteiger partial charge in [0, 0.05) is 17.0 Å². The van der Waals surface area contributed by atoms with Gasteiger partial charge in [-0.1, -0.05) is 26.0 Å². The molecule has 0 fully saturated rings. The van der Waals surface area contributed by atoms with Gasteiger partial charge in [0.25, 0.3) is 0 Å². The molecule has 1 nitrogen and oxygen atoms in total. The topological polar surface area (TPSA) is 12.0 Å². The first-order valence-corrected chi connectivity index (χ1v) is 8.11. The van der Waals surface area contributed by atoms with Crippen LogP contribution in [0.4, 0.5) is 4.39 Å². The highest BCUT2D eigenvalue weighted by atomic mass is 32.1. The maximum atomic E-state index is 13.3. The Bertz CT molecular complexity index is 577. The standard InChI is InChI=1S/C17H20FNS/c1-11(2)17(16-4-3-9-20-16)19-15-8-5-12-10-13(18)6-7-14(12)15/h3-4,6-7,9-11,15,17,19H,5,8H2,1-2H3. The van der Waals surface area contributed by atoms with Gasteiger partial charge in [0.2, 0.25) is 0 Å². The maximum absolute atomic E-state index is 13.3. The van der Waals surface area contributed by atoms with Crippen LogP contribution in [0.1, 0.15) is 48.4 Å². The van der Waals surface area contributed by atoms with Gasteiger partial charge in [-0.2, -0.15) is 0 Å². The number of hydrogen-bond acceptors (Lipinski definition) is 2. The Morgan fingerprint density at radius 1 is 1.30 bits per heavy atom. The first kappa shape index (κ1) is 13.8. The molecule has 1 aliphatic carbocycles. The van der Waals surface area contributed by atoms with Gasteiger partial charge in [0.15, 0.2) is 0 Å². The number of aryl methyl sites for hydroxylation is 1. The highest BCUT2D eigenvalue weighted by Gasteiger charge is 2.27. The van der Waals surface area contributed by atoms with E-state index in [4.69, 9.17) is 0 Å². The van der Waals surface area contributed by atoms with E-state index in [0.29, 0.717) is 18.0 Å². The Labute approximate surface area is 123 Å². The smallest absolute Gasteiger partial charge is 0.123 e. The van der Waals surface area contributed by atoms with Gasteiger partial charge in [-0.15, -0.1) is 11.3 Å². The highest BCUT2D eigenvalue weighted by Crippen LogP contribution is 2.36. The number of rotatable bonds is 4. The van der Waals surface area contributed by atoms with Gasteiger partial charge in [-0.3, -0.25) is 0 Å². The largest absolute Gasteiger partial charge is 0.302 e. The quantitative estimate of drug-likeness (QED) is 0.847. The number of halogens is 1. The van der Waals surface area contributed by atoms with Crippen molar-refractivity contribution in [3.63, 3.8) is 0 Å². The Morgan fingerprint density at radius 2 is 2.15 bits per heavy atom. The van der Waals surface area contributed by atoms with Crippen LogP contribution in [-0.2, 0) is 6.42 Å². The van der Waals surface area contributed by atoms with Crippen LogP contribution in [0.25, 0.3) is 0 Å². The highest BCUT2D eigenvalue weighted by molar-refractivity contribution is 7.10. The molecule has 1 aliphatic rings. The predicted octanol–water partition coefficient (Wildman–Crippen LogP) is 4.86. The molecule has 3 heteroatoms. The van der Waals surface area contributed by atoms with Gasteiger partial charge in [-0.05, 0) is 53.5 Å². The van der Waals surface area contributed by atoms with Crippen LogP contribution in [-0.4, -0.2) is 0 Å². The molecule has 0 saturated carbocycles. The van der Waals surface area contributed by atoms with E-state index in [1.54, 1.807) is 23.5 Å². The van der Waals surface area contributed by atoms with Crippen molar-refractivity contribution in [3.8, 4) is 0 Å². The lowest BCUT2D eigenvalue weighted by atomic mass is 10.00. The Kier molecular flexibility index (Phi) is 3.90. The molecule has 20 heavy (non-hydrogen) atoms. The lowest BCUT2D eigenvalue weighted by Gasteiger charge is -2.26. The molecule has 1 heterocycles. The van der Waals surface area contributed by atoms with E-state index in [-0.39, 0.29) is 5.82 Å². The zero-order valence-electron chi connectivity index (χ0n) is 11.9. The first-order valence-electron chi connectivity index (χ1n) is 7.23. The van der Waals surface area contributed by atoms with E-state index < -0.39 is 0 Å². The van der Waals surface area contributed by atoms with Crippen molar-refractivity contribution < 1.29 is 4.39 Å². The zero-order valence-corrected chi connectivity index (χ0v) is 12.7. The lowest BCUT2D eigenvalue weighted by molar-refractivity contribution is 0.366. The van der Waals surface area contributed by atoms with Crippen molar-refractivity contribution in [2.45, 2.75) is 38.8 Å². The monoisotopic (exact) mass is 289 g/mol. The van der Waals surface area contributed by atoms with Crippen LogP contribution in [0.2, 0.25) is 0 Å². The molecule has 0 amide bonds. The second-order valence-corrected chi connectivity index (χ2v) is 6.82. The van der Waals surface area contributed by atoms with Crippen molar-refractivity contribution in [1.82, 2.24) is 5.32 Å². The molecule has 0 saturated heterocycles. The molecule has 1 aromatic carbocycles. The number of fused-ring (bicyclic) bond motifs is 1. The van der Waals surface area contributed by atoms with Crippen LogP contribution in [0.15, 0.2) is 35.7 Å². The minimum absolute atomic E-state index is 0.122. The molecular formula is C17H20FNS. The molecule has 0 spiro atoms. The SMILES string of the molecule is CC(C)C(NC1CCc2cc(F)ccc21)c1cccs1. The molecule has 2 atom stereocenters. The van der Waals surface area contributed by atoms with Crippen LogP contribution in [0.5, 0.6) is 0 Å². The van der Waals surface area contributed by atoms with E-state index in [1.165, 1.54) is 10.4 Å². The summed E-state index contributed by atoms with van der Waals surface area (Å²) in [5, 5.41) is 5.91. The van der Waals surface area contributed by atoms with Crippen molar-refractivity contribution >= 4 is 11.3 Å². The van der Waals surface area contributed by atoms with Crippen LogP contribution >= 0.6 is 11.3 Å². The molecule has 2 aromatic rings. The predicted molar refractivity (Wildman–Crippen MR) is 82.5 cm³/mol. The number of hydrogen-bond donors (Lipinski definition) is 1. The summed E-state index contributed by atoms with van der Waals surface area (Å²) in [6.07, 6.45) is 2.04. The van der Waals surface area contributed by atoms with Crippen LogP contribution < -0.4 is 5.32 Å². The first-order chi connectivity index (χ1) is 9.65. The van der Waals surface area contributed by atoms with E-state index in [2.05, 4.69) is 36.7 Å². The van der Waals surface area contributed by atoms with E-state index in [9.17, 15) is 4.39 Å². The molecule has 2 unspecified atom stereocenters. The molecule has 1 N–H and O–H groups in total. The second kappa shape index (κ2) is 5.66. The molecule has 0 bridgehead atoms. The van der Waals surface area contributed by atoms with Gasteiger partial charge < -0.3 is 5.32 Å². The summed E-state index contributed by atoms with van der Waals surface area (Å²) < 4.78 is 13.3. The Hall–Kier alpha value is -1.19. The van der Waals surface area contributed by atoms with Crippen molar-refractivity contribution in [1.29, 1.82) is 0 Å². The summed E-state index contributed by atoms with van der Waals surface area (Å²) in [5.74, 6) is 0.418. The third-order valence-electron chi connectivity index (χ3n) is 4.08. The number of nitrogens with one attached hydrogen (secondary N) is 1. The number of benzene rings is 1.